The van der Waals surface area contributed by atoms with Crippen LogP contribution in [0.15, 0.2) is 36.4 Å². The molecule has 0 N–H and O–H groups in total. The molecule has 2 aromatic heterocycles. The molecule has 2 unspecified atom stereocenters. The molecule has 2 saturated heterocycles. The molecule has 3 aliphatic carbocycles. The van der Waals surface area contributed by atoms with Gasteiger partial charge in [0.2, 0.25) is 23.6 Å². The number of ether oxygens (including phenoxy) is 6. The second-order valence-electron chi connectivity index (χ2n) is 27.2. The fourth-order valence-corrected chi connectivity index (χ4v) is 14.0. The van der Waals surface area contributed by atoms with Gasteiger partial charge in [0.15, 0.2) is 0 Å². The molecular formula is C68H90N6O12V2-2. The quantitative estimate of drug-likeness (QED) is 0.137. The minimum Gasteiger partial charge on any atom is -0.540 e. The van der Waals surface area contributed by atoms with E-state index in [9.17, 15) is 28.8 Å². The summed E-state index contributed by atoms with van der Waals surface area (Å²) in [5.74, 6) is -2.97. The van der Waals surface area contributed by atoms with Crippen molar-refractivity contribution >= 4 is 58.4 Å². The Labute approximate surface area is 554 Å². The minimum atomic E-state index is -2.63. The van der Waals surface area contributed by atoms with E-state index in [1.807, 2.05) is 61.0 Å². The van der Waals surface area contributed by atoms with Crippen LogP contribution in [0.1, 0.15) is 181 Å². The molecule has 0 spiro atoms. The summed E-state index contributed by atoms with van der Waals surface area (Å²) < 4.78 is 108. The number of fused-ring (bicyclic) bond motifs is 12. The molecule has 2 amide bonds. The number of carbonyl (C=O) groups is 4. The summed E-state index contributed by atoms with van der Waals surface area (Å²) in [4.78, 5) is 101. The summed E-state index contributed by atoms with van der Waals surface area (Å²) in [6, 6.07) is 7.88. The van der Waals surface area contributed by atoms with Gasteiger partial charge in [0, 0.05) is 60.2 Å². The number of aromatic nitrogens is 4. The maximum absolute atomic E-state index is 14.2. The van der Waals surface area contributed by atoms with Crippen LogP contribution in [0.3, 0.4) is 0 Å². The first-order valence-corrected chi connectivity index (χ1v) is 30.8. The van der Waals surface area contributed by atoms with Crippen LogP contribution in [0.5, 0.6) is 23.3 Å². The van der Waals surface area contributed by atoms with E-state index < -0.39 is 108 Å². The molecule has 6 heterocycles. The van der Waals surface area contributed by atoms with Gasteiger partial charge in [-0.25, -0.2) is 32.5 Å². The van der Waals surface area contributed by atoms with Crippen molar-refractivity contribution in [3.8, 4) is 23.3 Å². The largest absolute Gasteiger partial charge is 0.540 e. The van der Waals surface area contributed by atoms with E-state index in [1.54, 1.807) is 50.2 Å². The van der Waals surface area contributed by atoms with E-state index in [0.717, 1.165) is 25.7 Å². The number of hydrogen-bond acceptors (Lipinski definition) is 16. The molecule has 3 saturated carbocycles. The standard InChI is InChI=1S/C34H44N3O6.C34H46N3O6.2V/c1-19-28(18-38)37-17-30(19)43-32-26(35-25-12-11-21(41-5)15-27(25)36-32)10-8-6-7-9-22-23-13-20(23)14-29(22)42-31(39)16-24(33(37)40)34(2,3)4;1-21-28(20-38)37-19-29(21)42-31-26(35-25-15-14-23(41-6)17-27(25)36-31)13-9-7-8-11-22-12-10-16-34(22,5)43-30(39)18-24(32(37)40)33(2,3)4;;/h11-12,15,19-20,22-24,28-30H,6-10,13-14,16-17H2,1-5H3;14-15,17,21-22,24,28-29H,7-13,16,18-19H2,1-6H3;;/q2*-1;;/t19-,20?,22+,23?,24+,28+,29+,30-;21-,22+,24+,28+,29-,34+;;/m00../s1/i8D2,10D2;9D2,13D2;;. The zero-order valence-electron chi connectivity index (χ0n) is 60.6. The van der Waals surface area contributed by atoms with Gasteiger partial charge in [-0.15, -0.1) is 0 Å². The van der Waals surface area contributed by atoms with Gasteiger partial charge in [0.05, 0.1) is 74.1 Å². The Morgan fingerprint density at radius 1 is 0.602 bits per heavy atom. The van der Waals surface area contributed by atoms with Crippen LogP contribution in [0, 0.1) is 58.2 Å². The Kier molecular flexibility index (Phi) is 18.7. The average Bonchev–Trinajstić information content (AvgIpc) is 1.22. The van der Waals surface area contributed by atoms with Crippen LogP contribution in [-0.2, 0) is 88.1 Å². The third-order valence-corrected chi connectivity index (χ3v) is 19.4. The van der Waals surface area contributed by atoms with Crippen LogP contribution in [0.4, 0.5) is 0 Å². The fourth-order valence-electron chi connectivity index (χ4n) is 14.0. The first-order valence-electron chi connectivity index (χ1n) is 34.8. The smallest absolute Gasteiger partial charge is 0.307 e. The van der Waals surface area contributed by atoms with Gasteiger partial charge >= 0.3 is 11.9 Å². The molecule has 4 bridgehead atoms. The number of amides is 2. The third-order valence-electron chi connectivity index (χ3n) is 19.4. The maximum atomic E-state index is 14.2. The number of esters is 2. The Balaban J connectivity index is 0.000000241. The Hall–Kier alpha value is -5.29. The minimum absolute atomic E-state index is 0. The van der Waals surface area contributed by atoms with Gasteiger partial charge in [-0.3, -0.25) is 19.2 Å². The summed E-state index contributed by atoms with van der Waals surface area (Å²) in [6.07, 6.45) is -2.51. The number of methoxy groups -OCH3 is 2. The molecule has 476 valence electrons. The van der Waals surface area contributed by atoms with Crippen molar-refractivity contribution in [3.63, 3.8) is 0 Å². The van der Waals surface area contributed by atoms with E-state index >= 15 is 0 Å². The fraction of sp³-hybridized carbons (Fsp3) is 0.676. The van der Waals surface area contributed by atoms with Crippen molar-refractivity contribution in [2.45, 2.75) is 207 Å². The molecule has 2 radical (unpaired) electrons. The topological polar surface area (TPSA) is 216 Å². The first-order chi connectivity index (χ1) is 44.0. The second kappa shape index (κ2) is 28.5. The van der Waals surface area contributed by atoms with Gasteiger partial charge in [-0.1, -0.05) is 93.2 Å². The number of rotatable bonds is 4. The second-order valence-corrected chi connectivity index (χ2v) is 27.2. The summed E-state index contributed by atoms with van der Waals surface area (Å²) in [5.41, 5.74) is -1.23. The molecule has 20 heteroatoms. The van der Waals surface area contributed by atoms with Gasteiger partial charge in [-0.05, 0) is 148 Å². The Morgan fingerprint density at radius 3 is 1.56 bits per heavy atom. The normalized spacial score (nSPS) is 35.1. The van der Waals surface area contributed by atoms with Crippen molar-refractivity contribution in [3.05, 3.63) is 47.8 Å². The number of benzene rings is 2. The SMILES string of the molecule is [2H]C1([2H])CCC[C@@H]2C3CC3C[C@H]2OC(=O)C[C@@H](C(C)(C)C)C(=O)N2C[C@H](Oc3nc4cc(OC)ccc4nc3C1([2H])[2H])[C@@H](C)[C@H]2[C-]=O.[2H]C1([2H])CCC[C@@H]2CCC[C@@]2(C)OC(=O)C[C@@H](C(C)(C)C)C(=O)N2C[C@H](Oc3nc4cc(OC)ccc4nc3C1([2H])[2H])[C@@H](C)[C@H]2[C-]=O.[V].[V]. The van der Waals surface area contributed by atoms with Gasteiger partial charge < -0.3 is 47.8 Å². The van der Waals surface area contributed by atoms with Crippen LogP contribution < -0.4 is 18.9 Å². The van der Waals surface area contributed by atoms with Crippen LogP contribution in [0.25, 0.3) is 22.1 Å². The summed E-state index contributed by atoms with van der Waals surface area (Å²) in [7, 11) is 3.02. The molecule has 5 fully saturated rings. The van der Waals surface area contributed by atoms with Crippen molar-refractivity contribution < 1.29 is 105 Å². The van der Waals surface area contributed by atoms with Crippen molar-refractivity contribution in [1.29, 1.82) is 0 Å². The zero-order valence-corrected chi connectivity index (χ0v) is 55.3. The van der Waals surface area contributed by atoms with E-state index in [-0.39, 0.29) is 123 Å². The van der Waals surface area contributed by atoms with Crippen LogP contribution in [-0.4, -0.2) is 129 Å². The molecule has 88 heavy (non-hydrogen) atoms. The molecule has 11 rings (SSSR count). The number of nitrogens with zero attached hydrogens (tertiary/aromatic N) is 6. The van der Waals surface area contributed by atoms with E-state index in [0.29, 0.717) is 77.5 Å². The number of carbonyl (C=O) groups excluding carboxylic acids is 6. The van der Waals surface area contributed by atoms with Crippen LogP contribution >= 0.6 is 0 Å². The van der Waals surface area contributed by atoms with Crippen molar-refractivity contribution in [2.75, 3.05) is 27.3 Å². The predicted octanol–water partition coefficient (Wildman–Crippen LogP) is 10.7. The number of hydrogen-bond donors (Lipinski definition) is 0. The van der Waals surface area contributed by atoms with E-state index in [4.69, 9.17) is 39.4 Å². The van der Waals surface area contributed by atoms with Crippen LogP contribution in [0.2, 0.25) is 0 Å². The molecular weight excluding hydrogens is 1190 g/mol. The Morgan fingerprint density at radius 2 is 1.08 bits per heavy atom. The van der Waals surface area contributed by atoms with E-state index in [1.165, 1.54) is 24.0 Å². The predicted molar refractivity (Wildman–Crippen MR) is 323 cm³/mol. The van der Waals surface area contributed by atoms with Gasteiger partial charge in [-0.2, -0.15) is 0 Å². The zero-order chi connectivity index (χ0) is 68.6. The molecule has 2 aromatic carbocycles. The summed E-state index contributed by atoms with van der Waals surface area (Å²) >= 11 is 0. The monoisotopic (exact) mass is 1290 g/mol. The van der Waals surface area contributed by atoms with E-state index in [2.05, 4.69) is 19.9 Å². The Bertz CT molecular complexity index is 3440. The molecule has 14 atom stereocenters. The summed E-state index contributed by atoms with van der Waals surface area (Å²) in [5, 5.41) is 0. The summed E-state index contributed by atoms with van der Waals surface area (Å²) in [6.45, 7) is 16.6. The maximum Gasteiger partial charge on any atom is 0.307 e. The third kappa shape index (κ3) is 15.0. The molecule has 4 aromatic rings. The first kappa shape index (κ1) is 57.8. The average molecular weight is 1290 g/mol. The van der Waals surface area contributed by atoms with Gasteiger partial charge in [0.25, 0.3) is 0 Å². The van der Waals surface area contributed by atoms with Crippen molar-refractivity contribution in [1.82, 2.24) is 29.7 Å². The number of aryl methyl sites for hydroxylation is 2. The molecule has 4 aliphatic heterocycles. The van der Waals surface area contributed by atoms with Crippen molar-refractivity contribution in [2.24, 2.45) is 58.2 Å². The van der Waals surface area contributed by atoms with Gasteiger partial charge in [0.1, 0.15) is 46.8 Å². The molecule has 7 aliphatic rings. The molecule has 18 nitrogen and oxygen atoms in total.